The molecule has 8 nitrogen and oxygen atoms in total. The maximum Gasteiger partial charge on any atom is 0.373 e. The minimum Gasteiger partial charge on any atom is -0.480 e. The molecule has 0 radical (unpaired) electrons. The van der Waals surface area contributed by atoms with Crippen molar-refractivity contribution in [3.05, 3.63) is 53.3 Å². The second kappa shape index (κ2) is 6.71. The number of nitrogens with zero attached hydrogens (tertiary/aromatic N) is 1. The number of para-hydroxylation sites is 1. The number of carbonyl (C=O) groups is 3. The molecule has 2 heterocycles. The van der Waals surface area contributed by atoms with E-state index in [9.17, 15) is 29.7 Å². The third-order valence-corrected chi connectivity index (χ3v) is 4.75. The fourth-order valence-electron chi connectivity index (χ4n) is 3.35. The van der Waals surface area contributed by atoms with Crippen LogP contribution in [0.1, 0.15) is 18.9 Å². The van der Waals surface area contributed by atoms with E-state index in [1.54, 1.807) is 16.9 Å². The zero-order valence-corrected chi connectivity index (χ0v) is 14.5. The first-order chi connectivity index (χ1) is 12.7. The second-order valence-electron chi connectivity index (χ2n) is 6.79. The van der Waals surface area contributed by atoms with Gasteiger partial charge in [0.1, 0.15) is 11.2 Å². The Balaban J connectivity index is 2.04. The van der Waals surface area contributed by atoms with Gasteiger partial charge in [-0.3, -0.25) is 0 Å². The Morgan fingerprint density at radius 1 is 1.22 bits per heavy atom. The first-order valence-electron chi connectivity index (χ1n) is 8.31. The summed E-state index contributed by atoms with van der Waals surface area (Å²) in [5.41, 5.74) is 0.463. The summed E-state index contributed by atoms with van der Waals surface area (Å²) < 4.78 is 1.61. The van der Waals surface area contributed by atoms with Crippen molar-refractivity contribution in [2.45, 2.75) is 31.3 Å². The van der Waals surface area contributed by atoms with E-state index >= 15 is 0 Å². The fourth-order valence-corrected chi connectivity index (χ4v) is 3.35. The van der Waals surface area contributed by atoms with Gasteiger partial charge < -0.3 is 20.6 Å². The summed E-state index contributed by atoms with van der Waals surface area (Å²) in [6, 6.07) is 6.56. The Morgan fingerprint density at radius 2 is 1.93 bits per heavy atom. The van der Waals surface area contributed by atoms with Crippen molar-refractivity contribution in [1.29, 1.82) is 0 Å². The molecule has 0 amide bonds. The SMILES string of the molecule is C[C@@]1(C(=O)O)CC(=CC=[N+]2c3ccccc3C[C@H]2C(=O)O)C=C(C(=O)O)N1. The van der Waals surface area contributed by atoms with Crippen LogP contribution in [0.15, 0.2) is 47.7 Å². The number of allylic oxidation sites excluding steroid dienone is 2. The number of carboxylic acids is 3. The molecule has 0 aromatic heterocycles. The van der Waals surface area contributed by atoms with E-state index in [0.717, 1.165) is 11.3 Å². The first-order valence-corrected chi connectivity index (χ1v) is 8.31. The Kier molecular flexibility index (Phi) is 4.57. The van der Waals surface area contributed by atoms with Crippen LogP contribution in [-0.4, -0.2) is 55.6 Å². The maximum absolute atomic E-state index is 11.6. The Bertz CT molecular complexity index is 930. The average molecular weight is 371 g/mol. The van der Waals surface area contributed by atoms with Crippen LogP contribution >= 0.6 is 0 Å². The van der Waals surface area contributed by atoms with Gasteiger partial charge in [0.2, 0.25) is 5.69 Å². The number of fused-ring (bicyclic) bond motifs is 1. The van der Waals surface area contributed by atoms with E-state index in [1.807, 2.05) is 24.3 Å². The molecule has 0 fully saturated rings. The number of benzene rings is 1. The predicted molar refractivity (Wildman–Crippen MR) is 95.1 cm³/mol. The molecule has 1 aromatic carbocycles. The van der Waals surface area contributed by atoms with E-state index in [4.69, 9.17) is 0 Å². The van der Waals surface area contributed by atoms with Gasteiger partial charge in [0, 0.05) is 24.1 Å². The second-order valence-corrected chi connectivity index (χ2v) is 6.79. The van der Waals surface area contributed by atoms with Crippen LogP contribution in [0, 0.1) is 0 Å². The van der Waals surface area contributed by atoms with Gasteiger partial charge in [0.25, 0.3) is 6.04 Å². The molecule has 3 rings (SSSR count). The van der Waals surface area contributed by atoms with Crippen molar-refractivity contribution >= 4 is 29.8 Å². The molecule has 27 heavy (non-hydrogen) atoms. The highest BCUT2D eigenvalue weighted by atomic mass is 16.4. The zero-order valence-electron chi connectivity index (χ0n) is 14.5. The summed E-state index contributed by atoms with van der Waals surface area (Å²) in [7, 11) is 0. The number of hydrogen-bond donors (Lipinski definition) is 4. The van der Waals surface area contributed by atoms with Crippen molar-refractivity contribution < 1.29 is 34.3 Å². The lowest BCUT2D eigenvalue weighted by Gasteiger charge is -2.31. The minimum atomic E-state index is -1.46. The Morgan fingerprint density at radius 3 is 2.56 bits per heavy atom. The lowest BCUT2D eigenvalue weighted by molar-refractivity contribution is -0.456. The van der Waals surface area contributed by atoms with Gasteiger partial charge in [-0.2, -0.15) is 4.58 Å². The van der Waals surface area contributed by atoms with Crippen LogP contribution in [0.4, 0.5) is 5.69 Å². The van der Waals surface area contributed by atoms with Gasteiger partial charge in [0.15, 0.2) is 6.21 Å². The summed E-state index contributed by atoms with van der Waals surface area (Å²) in [5, 5.41) is 30.7. The topological polar surface area (TPSA) is 127 Å². The maximum atomic E-state index is 11.6. The summed E-state index contributed by atoms with van der Waals surface area (Å²) in [6.07, 6.45) is 4.92. The third-order valence-electron chi connectivity index (χ3n) is 4.75. The van der Waals surface area contributed by atoms with E-state index in [0.29, 0.717) is 12.0 Å². The monoisotopic (exact) mass is 371 g/mol. The molecule has 0 unspecified atom stereocenters. The molecule has 0 saturated heterocycles. The van der Waals surface area contributed by atoms with Gasteiger partial charge in [0.05, 0.1) is 6.42 Å². The van der Waals surface area contributed by atoms with Crippen LogP contribution < -0.4 is 5.32 Å². The zero-order chi connectivity index (χ0) is 19.8. The Labute approximate surface area is 154 Å². The van der Waals surface area contributed by atoms with E-state index in [-0.39, 0.29) is 12.1 Å². The van der Waals surface area contributed by atoms with Crippen molar-refractivity contribution in [3.8, 4) is 0 Å². The summed E-state index contributed by atoms with van der Waals surface area (Å²) in [5.74, 6) is -3.40. The number of aliphatic carboxylic acids is 3. The van der Waals surface area contributed by atoms with E-state index < -0.39 is 29.5 Å². The van der Waals surface area contributed by atoms with Crippen LogP contribution in [0.3, 0.4) is 0 Å². The van der Waals surface area contributed by atoms with Crippen molar-refractivity contribution in [1.82, 2.24) is 5.32 Å². The van der Waals surface area contributed by atoms with Gasteiger partial charge in [-0.1, -0.05) is 18.2 Å². The normalized spacial score (nSPS) is 27.0. The highest BCUT2D eigenvalue weighted by molar-refractivity contribution is 5.91. The standard InChI is InChI=1S/C19H18N2O6/c1-19(18(26)27)10-11(8-13(20-19)16(22)23)6-7-21-14-5-3-2-4-12(14)9-15(21)17(24)25/h2-8,15H,9-10H2,1H3,(H3,22,23,24,25,26,27)/p+1/t15-,19-/m0/s1. The molecular formula is C19H19N2O6+. The molecule has 140 valence electrons. The molecule has 0 aliphatic carbocycles. The van der Waals surface area contributed by atoms with Gasteiger partial charge in [-0.25, -0.2) is 14.4 Å². The number of nitrogens with one attached hydrogen (secondary N) is 1. The van der Waals surface area contributed by atoms with Crippen molar-refractivity contribution in [2.24, 2.45) is 0 Å². The minimum absolute atomic E-state index is 0.0584. The van der Waals surface area contributed by atoms with Crippen LogP contribution in [0.25, 0.3) is 0 Å². The fraction of sp³-hybridized carbons (Fsp3) is 0.263. The van der Waals surface area contributed by atoms with Gasteiger partial charge in [-0.15, -0.1) is 0 Å². The lowest BCUT2D eigenvalue weighted by atomic mass is 9.88. The molecule has 0 saturated carbocycles. The van der Waals surface area contributed by atoms with E-state index in [2.05, 4.69) is 5.32 Å². The van der Waals surface area contributed by atoms with Crippen molar-refractivity contribution in [2.75, 3.05) is 0 Å². The quantitative estimate of drug-likeness (QED) is 0.585. The predicted octanol–water partition coefficient (Wildman–Crippen LogP) is 1.14. The van der Waals surface area contributed by atoms with Crippen LogP contribution in [0.5, 0.6) is 0 Å². The van der Waals surface area contributed by atoms with Crippen molar-refractivity contribution in [3.63, 3.8) is 0 Å². The molecule has 1 aromatic rings. The summed E-state index contributed by atoms with van der Waals surface area (Å²) in [4.78, 5) is 34.5. The highest BCUT2D eigenvalue weighted by Gasteiger charge is 2.40. The summed E-state index contributed by atoms with van der Waals surface area (Å²) >= 11 is 0. The first kappa shape index (κ1) is 18.4. The van der Waals surface area contributed by atoms with Gasteiger partial charge >= 0.3 is 17.9 Å². The molecule has 2 atom stereocenters. The number of rotatable bonds is 4. The molecule has 0 bridgehead atoms. The molecule has 2 aliphatic rings. The van der Waals surface area contributed by atoms with E-state index in [1.165, 1.54) is 13.0 Å². The average Bonchev–Trinajstić information content (AvgIpc) is 2.98. The Hall–Kier alpha value is -3.42. The smallest absolute Gasteiger partial charge is 0.373 e. The van der Waals surface area contributed by atoms with Crippen LogP contribution in [0.2, 0.25) is 0 Å². The third kappa shape index (κ3) is 3.46. The summed E-state index contributed by atoms with van der Waals surface area (Å²) in [6.45, 7) is 1.41. The largest absolute Gasteiger partial charge is 0.480 e. The van der Waals surface area contributed by atoms with Crippen LogP contribution in [-0.2, 0) is 20.8 Å². The molecule has 8 heteroatoms. The molecule has 4 N–H and O–H groups in total. The lowest BCUT2D eigenvalue weighted by Crippen LogP contribution is -2.52. The van der Waals surface area contributed by atoms with Gasteiger partial charge in [-0.05, 0) is 18.6 Å². The molecular weight excluding hydrogens is 352 g/mol. The molecule has 0 spiro atoms. The number of hydrogen-bond acceptors (Lipinski definition) is 4. The number of carboxylic acid groups (broad SMARTS) is 3. The molecule has 2 aliphatic heterocycles. The highest BCUT2D eigenvalue weighted by Crippen LogP contribution is 2.30.